The third kappa shape index (κ3) is 8.81. The highest BCUT2D eigenvalue weighted by Gasteiger charge is 2.36. The number of halogens is 3. The van der Waals surface area contributed by atoms with Crippen LogP contribution in [0.1, 0.15) is 38.3 Å². The highest BCUT2D eigenvalue weighted by atomic mass is 35.5. The molecule has 15 heteroatoms. The van der Waals surface area contributed by atoms with Crippen LogP contribution >= 0.6 is 34.8 Å². The van der Waals surface area contributed by atoms with Crippen LogP contribution in [-0.2, 0) is 26.2 Å². The van der Waals surface area contributed by atoms with Crippen molar-refractivity contribution in [3.8, 4) is 5.75 Å². The van der Waals surface area contributed by atoms with E-state index in [4.69, 9.17) is 39.5 Å². The molecule has 11 nitrogen and oxygen atoms in total. The number of rotatable bonds is 14. The highest BCUT2D eigenvalue weighted by molar-refractivity contribution is 7.92. The predicted octanol–water partition coefficient (Wildman–Crippen LogP) is 6.65. The molecule has 0 saturated carbocycles. The average molecular weight is 714 g/mol. The van der Waals surface area contributed by atoms with Gasteiger partial charge in [0.1, 0.15) is 18.3 Å². The van der Waals surface area contributed by atoms with Crippen molar-refractivity contribution in [2.24, 2.45) is 5.92 Å². The molecule has 1 atom stereocenters. The van der Waals surface area contributed by atoms with E-state index in [1.807, 2.05) is 13.8 Å². The number of nitrogens with zero attached hydrogens (tertiary/aromatic N) is 3. The molecule has 0 aliphatic heterocycles. The Kier molecular flexibility index (Phi) is 12.7. The first-order valence-corrected chi connectivity index (χ1v) is 16.8. The molecule has 0 aliphatic carbocycles. The van der Waals surface area contributed by atoms with Crippen LogP contribution in [0.15, 0.2) is 59.5 Å². The lowest BCUT2D eigenvalue weighted by atomic mass is 10.1. The first kappa shape index (κ1) is 36.9. The van der Waals surface area contributed by atoms with E-state index >= 15 is 0 Å². The summed E-state index contributed by atoms with van der Waals surface area (Å²) in [5.74, 6) is -0.995. The standard InChI is InChI=1S/C31H35Cl3N4O7S/c1-6-26(31(40)35-16-19(2)3)36(17-21-8-9-22(32)13-25(21)34)30(39)18-37(28-14-23(33)10-12-29(28)45-5)46(43,44)24-11-7-20(4)27(15-24)38(41)42/h7-15,19,26H,6,16-18H2,1-5H3,(H,35,40)/t26-/m0/s1. The van der Waals surface area contributed by atoms with Crippen molar-refractivity contribution in [3.05, 3.63) is 90.9 Å². The lowest BCUT2D eigenvalue weighted by Crippen LogP contribution is -2.52. The van der Waals surface area contributed by atoms with Gasteiger partial charge in [0.05, 0.1) is 22.6 Å². The zero-order valence-corrected chi connectivity index (χ0v) is 29.0. The molecule has 0 heterocycles. The highest BCUT2D eigenvalue weighted by Crippen LogP contribution is 2.36. The number of hydrogen-bond acceptors (Lipinski definition) is 7. The largest absolute Gasteiger partial charge is 0.495 e. The van der Waals surface area contributed by atoms with Crippen molar-refractivity contribution in [2.75, 3.05) is 24.5 Å². The fourth-order valence-corrected chi connectivity index (χ4v) is 6.69. The van der Waals surface area contributed by atoms with Gasteiger partial charge in [0, 0.05) is 39.8 Å². The van der Waals surface area contributed by atoms with Crippen LogP contribution in [0.3, 0.4) is 0 Å². The van der Waals surface area contributed by atoms with Gasteiger partial charge in [-0.15, -0.1) is 0 Å². The van der Waals surface area contributed by atoms with Gasteiger partial charge in [-0.3, -0.25) is 24.0 Å². The smallest absolute Gasteiger partial charge is 0.273 e. The second kappa shape index (κ2) is 15.8. The van der Waals surface area contributed by atoms with Crippen molar-refractivity contribution < 1.29 is 27.7 Å². The third-order valence-corrected chi connectivity index (χ3v) is 9.66. The van der Waals surface area contributed by atoms with Crippen LogP contribution in [-0.4, -0.2) is 56.3 Å². The van der Waals surface area contributed by atoms with E-state index < -0.39 is 49.9 Å². The molecule has 0 bridgehead atoms. The number of hydrogen-bond donors (Lipinski definition) is 1. The predicted molar refractivity (Wildman–Crippen MR) is 179 cm³/mol. The summed E-state index contributed by atoms with van der Waals surface area (Å²) in [4.78, 5) is 39.6. The number of carbonyl (C=O) groups is 2. The van der Waals surface area contributed by atoms with E-state index in [0.29, 0.717) is 17.1 Å². The Morgan fingerprint density at radius 2 is 1.67 bits per heavy atom. The van der Waals surface area contributed by atoms with Crippen LogP contribution in [0.25, 0.3) is 0 Å². The molecule has 3 aromatic rings. The molecular formula is C31H35Cl3N4O7S. The monoisotopic (exact) mass is 712 g/mol. The fraction of sp³-hybridized carbons (Fsp3) is 0.355. The molecule has 0 unspecified atom stereocenters. The van der Waals surface area contributed by atoms with E-state index in [2.05, 4.69) is 5.32 Å². The maximum absolute atomic E-state index is 14.3. The van der Waals surface area contributed by atoms with E-state index in [1.54, 1.807) is 19.1 Å². The minimum Gasteiger partial charge on any atom is -0.495 e. The van der Waals surface area contributed by atoms with Gasteiger partial charge < -0.3 is 15.0 Å². The van der Waals surface area contributed by atoms with Crippen molar-refractivity contribution in [3.63, 3.8) is 0 Å². The minimum absolute atomic E-state index is 0.0661. The first-order valence-electron chi connectivity index (χ1n) is 14.2. The molecule has 0 radical (unpaired) electrons. The molecule has 0 aromatic heterocycles. The lowest BCUT2D eigenvalue weighted by Gasteiger charge is -2.33. The molecule has 248 valence electrons. The van der Waals surface area contributed by atoms with Crippen LogP contribution < -0.4 is 14.4 Å². The number of nitro benzene ring substituents is 1. The molecule has 0 aliphatic rings. The number of aryl methyl sites for hydroxylation is 1. The Hall–Kier alpha value is -3.58. The van der Waals surface area contributed by atoms with Crippen molar-refractivity contribution in [1.82, 2.24) is 10.2 Å². The number of anilines is 1. The number of ether oxygens (including phenoxy) is 1. The van der Waals surface area contributed by atoms with Crippen LogP contribution in [0.5, 0.6) is 5.75 Å². The number of amides is 2. The van der Waals surface area contributed by atoms with Gasteiger partial charge in [-0.25, -0.2) is 8.42 Å². The molecule has 3 aromatic carbocycles. The molecule has 2 amide bonds. The molecule has 3 rings (SSSR count). The topological polar surface area (TPSA) is 139 Å². The summed E-state index contributed by atoms with van der Waals surface area (Å²) in [5.41, 5.74) is 0.209. The number of carbonyl (C=O) groups excluding carboxylic acids is 2. The number of nitro groups is 1. The van der Waals surface area contributed by atoms with Gasteiger partial charge >= 0.3 is 0 Å². The summed E-state index contributed by atoms with van der Waals surface area (Å²) in [6.07, 6.45) is 0.193. The number of benzene rings is 3. The van der Waals surface area contributed by atoms with Gasteiger partial charge in [0.2, 0.25) is 11.8 Å². The van der Waals surface area contributed by atoms with Crippen molar-refractivity contribution in [2.45, 2.75) is 51.6 Å². The first-order chi connectivity index (χ1) is 21.6. The number of nitrogens with one attached hydrogen (secondary N) is 1. The number of sulfonamides is 1. The van der Waals surface area contributed by atoms with Crippen LogP contribution in [0, 0.1) is 23.0 Å². The summed E-state index contributed by atoms with van der Waals surface area (Å²) >= 11 is 18.8. The molecule has 0 fully saturated rings. The Balaban J connectivity index is 2.20. The molecule has 0 saturated heterocycles. The van der Waals surface area contributed by atoms with E-state index in [-0.39, 0.29) is 45.9 Å². The maximum Gasteiger partial charge on any atom is 0.273 e. The lowest BCUT2D eigenvalue weighted by molar-refractivity contribution is -0.385. The SMILES string of the molecule is CC[C@@H](C(=O)NCC(C)C)N(Cc1ccc(Cl)cc1Cl)C(=O)CN(c1cc(Cl)ccc1OC)S(=O)(=O)c1ccc(C)c([N+](=O)[O-])c1. The minimum atomic E-state index is -4.67. The second-order valence-electron chi connectivity index (χ2n) is 10.9. The molecule has 0 spiro atoms. The molecular weight excluding hydrogens is 679 g/mol. The summed E-state index contributed by atoms with van der Waals surface area (Å²) in [6.45, 7) is 6.43. The zero-order valence-electron chi connectivity index (χ0n) is 25.9. The third-order valence-electron chi connectivity index (χ3n) is 7.08. The normalized spacial score (nSPS) is 12.0. The van der Waals surface area contributed by atoms with Gasteiger partial charge in [0.25, 0.3) is 15.7 Å². The fourth-order valence-electron chi connectivity index (χ4n) is 4.62. The summed E-state index contributed by atoms with van der Waals surface area (Å²) in [5, 5.41) is 15.3. The van der Waals surface area contributed by atoms with Crippen LogP contribution in [0.2, 0.25) is 15.1 Å². The summed E-state index contributed by atoms with van der Waals surface area (Å²) in [6, 6.07) is 11.4. The van der Waals surface area contributed by atoms with E-state index in [1.165, 1.54) is 55.3 Å². The second-order valence-corrected chi connectivity index (χ2v) is 14.0. The van der Waals surface area contributed by atoms with Gasteiger partial charge in [0.15, 0.2) is 0 Å². The number of methoxy groups -OCH3 is 1. The quantitative estimate of drug-likeness (QED) is 0.146. The Labute approximate surface area is 283 Å². The molecule has 46 heavy (non-hydrogen) atoms. The van der Waals surface area contributed by atoms with Crippen molar-refractivity contribution >= 4 is 68.0 Å². The Morgan fingerprint density at radius 1 is 1.02 bits per heavy atom. The maximum atomic E-state index is 14.3. The van der Waals surface area contributed by atoms with E-state index in [9.17, 15) is 28.1 Å². The van der Waals surface area contributed by atoms with Gasteiger partial charge in [-0.1, -0.05) is 67.7 Å². The van der Waals surface area contributed by atoms with Crippen molar-refractivity contribution in [1.29, 1.82) is 0 Å². The Morgan fingerprint density at radius 3 is 2.26 bits per heavy atom. The van der Waals surface area contributed by atoms with Gasteiger partial charge in [-0.2, -0.15) is 0 Å². The molecule has 1 N–H and O–H groups in total. The summed E-state index contributed by atoms with van der Waals surface area (Å²) < 4.78 is 34.7. The zero-order chi connectivity index (χ0) is 34.3. The van der Waals surface area contributed by atoms with E-state index in [0.717, 1.165) is 10.4 Å². The summed E-state index contributed by atoms with van der Waals surface area (Å²) in [7, 11) is -3.35. The van der Waals surface area contributed by atoms with Crippen LogP contribution in [0.4, 0.5) is 11.4 Å². The van der Waals surface area contributed by atoms with Gasteiger partial charge in [-0.05, 0) is 61.2 Å². The average Bonchev–Trinajstić information content (AvgIpc) is 2.99. The Bertz CT molecular complexity index is 1720.